The first-order chi connectivity index (χ1) is 9.03. The zero-order chi connectivity index (χ0) is 13.9. The second-order valence-electron chi connectivity index (χ2n) is 4.76. The molecular weight excluding hydrogens is 312 g/mol. The van der Waals surface area contributed by atoms with E-state index >= 15 is 0 Å². The van der Waals surface area contributed by atoms with E-state index in [-0.39, 0.29) is 5.69 Å². The number of aromatic nitrogens is 1. The minimum absolute atomic E-state index is 0.223. The van der Waals surface area contributed by atoms with Gasteiger partial charge in [-0.05, 0) is 25.0 Å². The second-order valence-corrected chi connectivity index (χ2v) is 5.68. The highest BCUT2D eigenvalue weighted by atomic mass is 79.9. The van der Waals surface area contributed by atoms with Crippen LogP contribution in [-0.2, 0) is 4.79 Å². The van der Waals surface area contributed by atoms with E-state index in [0.717, 1.165) is 23.7 Å². The number of rotatable bonds is 3. The van der Waals surface area contributed by atoms with Gasteiger partial charge in [-0.25, -0.2) is 4.79 Å². The van der Waals surface area contributed by atoms with E-state index in [2.05, 4.69) is 26.2 Å². The molecule has 2 rings (SSSR count). The molecule has 19 heavy (non-hydrogen) atoms. The van der Waals surface area contributed by atoms with Gasteiger partial charge < -0.3 is 10.4 Å². The Labute approximate surface area is 119 Å². The SMILES string of the molecule is O=C(NC1(C(=O)O)CCCCC1)c1cc(Br)ccn1. The number of hydrogen-bond acceptors (Lipinski definition) is 3. The summed E-state index contributed by atoms with van der Waals surface area (Å²) in [5.74, 6) is -1.40. The number of nitrogens with zero attached hydrogens (tertiary/aromatic N) is 1. The molecule has 5 nitrogen and oxygen atoms in total. The van der Waals surface area contributed by atoms with Crippen LogP contribution in [-0.4, -0.2) is 27.5 Å². The van der Waals surface area contributed by atoms with Crippen LogP contribution in [0.25, 0.3) is 0 Å². The fraction of sp³-hybridized carbons (Fsp3) is 0.462. The number of carbonyl (C=O) groups excluding carboxylic acids is 1. The Morgan fingerprint density at radius 1 is 1.32 bits per heavy atom. The highest BCUT2D eigenvalue weighted by Crippen LogP contribution is 2.28. The number of carboxylic acids is 1. The molecule has 0 unspecified atom stereocenters. The van der Waals surface area contributed by atoms with Crippen molar-refractivity contribution in [2.24, 2.45) is 0 Å². The predicted octanol–water partition coefficient (Wildman–Crippen LogP) is 2.36. The monoisotopic (exact) mass is 326 g/mol. The van der Waals surface area contributed by atoms with Gasteiger partial charge in [-0.1, -0.05) is 35.2 Å². The van der Waals surface area contributed by atoms with Gasteiger partial charge in [0.2, 0.25) is 0 Å². The number of carboxylic acid groups (broad SMARTS) is 1. The van der Waals surface area contributed by atoms with Gasteiger partial charge in [-0.15, -0.1) is 0 Å². The summed E-state index contributed by atoms with van der Waals surface area (Å²) in [5.41, 5.74) is -0.917. The van der Waals surface area contributed by atoms with Crippen LogP contribution >= 0.6 is 15.9 Å². The summed E-state index contributed by atoms with van der Waals surface area (Å²) in [7, 11) is 0. The first-order valence-electron chi connectivity index (χ1n) is 6.21. The van der Waals surface area contributed by atoms with Gasteiger partial charge in [0.05, 0.1) is 0 Å². The van der Waals surface area contributed by atoms with Crippen molar-refractivity contribution in [1.82, 2.24) is 10.3 Å². The summed E-state index contributed by atoms with van der Waals surface area (Å²) in [6.07, 6.45) is 5.11. The van der Waals surface area contributed by atoms with Crippen LogP contribution in [0.15, 0.2) is 22.8 Å². The minimum atomic E-state index is -1.14. The van der Waals surface area contributed by atoms with Crippen LogP contribution in [0.5, 0.6) is 0 Å². The summed E-state index contributed by atoms with van der Waals surface area (Å²) >= 11 is 3.26. The lowest BCUT2D eigenvalue weighted by Gasteiger charge is -2.33. The van der Waals surface area contributed by atoms with Gasteiger partial charge in [0.25, 0.3) is 5.91 Å². The molecule has 1 aliphatic rings. The van der Waals surface area contributed by atoms with E-state index in [4.69, 9.17) is 0 Å². The maximum Gasteiger partial charge on any atom is 0.329 e. The Morgan fingerprint density at radius 3 is 2.58 bits per heavy atom. The van der Waals surface area contributed by atoms with Crippen molar-refractivity contribution in [3.63, 3.8) is 0 Å². The van der Waals surface area contributed by atoms with Crippen LogP contribution in [0.4, 0.5) is 0 Å². The highest BCUT2D eigenvalue weighted by Gasteiger charge is 2.41. The van der Waals surface area contributed by atoms with Crippen molar-refractivity contribution in [2.45, 2.75) is 37.6 Å². The molecule has 1 fully saturated rings. The third-order valence-corrected chi connectivity index (χ3v) is 3.92. The lowest BCUT2D eigenvalue weighted by Crippen LogP contribution is -2.55. The molecule has 0 spiro atoms. The second kappa shape index (κ2) is 5.69. The Kier molecular flexibility index (Phi) is 4.19. The van der Waals surface area contributed by atoms with Crippen LogP contribution < -0.4 is 5.32 Å². The quantitative estimate of drug-likeness (QED) is 0.893. The van der Waals surface area contributed by atoms with Crippen molar-refractivity contribution >= 4 is 27.8 Å². The van der Waals surface area contributed by atoms with Crippen molar-refractivity contribution in [2.75, 3.05) is 0 Å². The minimum Gasteiger partial charge on any atom is -0.480 e. The number of carbonyl (C=O) groups is 2. The van der Waals surface area contributed by atoms with Crippen LogP contribution in [0.1, 0.15) is 42.6 Å². The summed E-state index contributed by atoms with van der Waals surface area (Å²) in [5, 5.41) is 12.0. The molecule has 1 heterocycles. The number of nitrogens with one attached hydrogen (secondary N) is 1. The molecule has 0 radical (unpaired) electrons. The molecule has 102 valence electrons. The van der Waals surface area contributed by atoms with E-state index < -0.39 is 17.4 Å². The molecule has 0 aromatic carbocycles. The average Bonchev–Trinajstić information content (AvgIpc) is 2.39. The number of pyridine rings is 1. The van der Waals surface area contributed by atoms with Gasteiger partial charge in [0.1, 0.15) is 11.2 Å². The number of aliphatic carboxylic acids is 1. The fourth-order valence-corrected chi connectivity index (χ4v) is 2.69. The zero-order valence-corrected chi connectivity index (χ0v) is 11.9. The Balaban J connectivity index is 2.18. The summed E-state index contributed by atoms with van der Waals surface area (Å²) in [6, 6.07) is 3.29. The Bertz CT molecular complexity index is 498. The molecule has 2 N–H and O–H groups in total. The molecule has 1 aromatic rings. The fourth-order valence-electron chi connectivity index (χ4n) is 2.36. The molecule has 0 atom stereocenters. The molecule has 1 amide bonds. The van der Waals surface area contributed by atoms with E-state index in [1.807, 2.05) is 0 Å². The normalized spacial score (nSPS) is 17.7. The summed E-state index contributed by atoms with van der Waals surface area (Å²) in [6.45, 7) is 0. The maximum absolute atomic E-state index is 12.1. The largest absolute Gasteiger partial charge is 0.480 e. The lowest BCUT2D eigenvalue weighted by atomic mass is 9.81. The van der Waals surface area contributed by atoms with Crippen LogP contribution in [0, 0.1) is 0 Å². The topological polar surface area (TPSA) is 79.3 Å². The van der Waals surface area contributed by atoms with E-state index in [9.17, 15) is 14.7 Å². The number of amides is 1. The summed E-state index contributed by atoms with van der Waals surface area (Å²) in [4.78, 5) is 27.5. The van der Waals surface area contributed by atoms with Crippen molar-refractivity contribution in [1.29, 1.82) is 0 Å². The van der Waals surface area contributed by atoms with Crippen molar-refractivity contribution in [3.8, 4) is 0 Å². The van der Waals surface area contributed by atoms with Crippen molar-refractivity contribution < 1.29 is 14.7 Å². The lowest BCUT2D eigenvalue weighted by molar-refractivity contribution is -0.145. The van der Waals surface area contributed by atoms with Gasteiger partial charge in [0, 0.05) is 10.7 Å². The van der Waals surface area contributed by atoms with Gasteiger partial charge >= 0.3 is 5.97 Å². The molecular formula is C13H15BrN2O3. The zero-order valence-electron chi connectivity index (χ0n) is 10.4. The van der Waals surface area contributed by atoms with Crippen molar-refractivity contribution in [3.05, 3.63) is 28.5 Å². The number of hydrogen-bond donors (Lipinski definition) is 2. The average molecular weight is 327 g/mol. The molecule has 0 bridgehead atoms. The first kappa shape index (κ1) is 14.0. The molecule has 0 aliphatic heterocycles. The molecule has 0 saturated heterocycles. The predicted molar refractivity (Wildman–Crippen MR) is 72.9 cm³/mol. The Hall–Kier alpha value is -1.43. The van der Waals surface area contributed by atoms with Crippen LogP contribution in [0.3, 0.4) is 0 Å². The number of halogens is 1. The summed E-state index contributed by atoms with van der Waals surface area (Å²) < 4.78 is 0.737. The standard InChI is InChI=1S/C13H15BrN2O3/c14-9-4-7-15-10(8-9)11(17)16-13(12(18)19)5-2-1-3-6-13/h4,7-8H,1-3,5-6H2,(H,16,17)(H,18,19). The smallest absolute Gasteiger partial charge is 0.329 e. The third-order valence-electron chi connectivity index (χ3n) is 3.42. The van der Waals surface area contributed by atoms with E-state index in [0.29, 0.717) is 12.8 Å². The van der Waals surface area contributed by atoms with Gasteiger partial charge in [-0.2, -0.15) is 0 Å². The van der Waals surface area contributed by atoms with Gasteiger partial charge in [-0.3, -0.25) is 9.78 Å². The van der Waals surface area contributed by atoms with Gasteiger partial charge in [0.15, 0.2) is 0 Å². The highest BCUT2D eigenvalue weighted by molar-refractivity contribution is 9.10. The van der Waals surface area contributed by atoms with Crippen LogP contribution in [0.2, 0.25) is 0 Å². The molecule has 1 saturated carbocycles. The maximum atomic E-state index is 12.1. The Morgan fingerprint density at radius 2 is 2.00 bits per heavy atom. The third kappa shape index (κ3) is 3.12. The molecule has 6 heteroatoms. The van der Waals surface area contributed by atoms with E-state index in [1.54, 1.807) is 12.1 Å². The molecule has 1 aromatic heterocycles. The molecule has 1 aliphatic carbocycles. The first-order valence-corrected chi connectivity index (χ1v) is 7.00. The van der Waals surface area contributed by atoms with E-state index in [1.165, 1.54) is 6.20 Å².